The lowest BCUT2D eigenvalue weighted by molar-refractivity contribution is 0.157. The molecule has 0 amide bonds. The van der Waals surface area contributed by atoms with Crippen molar-refractivity contribution in [2.24, 2.45) is 11.7 Å². The van der Waals surface area contributed by atoms with E-state index in [0.717, 1.165) is 12.2 Å². The Labute approximate surface area is 84.7 Å². The second-order valence-corrected chi connectivity index (χ2v) is 3.93. The summed E-state index contributed by atoms with van der Waals surface area (Å²) in [6.07, 6.45) is 1.82. The van der Waals surface area contributed by atoms with Crippen molar-refractivity contribution in [2.45, 2.75) is 32.9 Å². The first-order chi connectivity index (χ1) is 6.65. The van der Waals surface area contributed by atoms with Crippen molar-refractivity contribution in [1.82, 2.24) is 9.78 Å². The zero-order chi connectivity index (χ0) is 10.6. The maximum absolute atomic E-state index is 9.76. The van der Waals surface area contributed by atoms with Gasteiger partial charge in [0.15, 0.2) is 0 Å². The largest absolute Gasteiger partial charge is 0.387 e. The van der Waals surface area contributed by atoms with Gasteiger partial charge in [-0.05, 0) is 24.9 Å². The standard InChI is InChI=1S/C10H19N3O/c1-8(2)7-13-9(4-6-12-13)10(14)3-5-11/h4,6,8,10,14H,3,5,7,11H2,1-2H3/t10-/m0/s1. The molecule has 0 aromatic carbocycles. The van der Waals surface area contributed by atoms with Gasteiger partial charge in [-0.25, -0.2) is 0 Å². The molecule has 1 aromatic rings. The van der Waals surface area contributed by atoms with Crippen LogP contribution in [0, 0.1) is 5.92 Å². The van der Waals surface area contributed by atoms with Crippen LogP contribution in [0.2, 0.25) is 0 Å². The Morgan fingerprint density at radius 1 is 1.57 bits per heavy atom. The van der Waals surface area contributed by atoms with E-state index < -0.39 is 6.10 Å². The number of hydrogen-bond donors (Lipinski definition) is 2. The van der Waals surface area contributed by atoms with Gasteiger partial charge in [-0.3, -0.25) is 4.68 Å². The van der Waals surface area contributed by atoms with Gasteiger partial charge in [-0.1, -0.05) is 13.8 Å². The minimum atomic E-state index is -0.485. The van der Waals surface area contributed by atoms with Gasteiger partial charge in [-0.15, -0.1) is 0 Å². The number of aliphatic hydroxyl groups is 1. The molecule has 0 aliphatic heterocycles. The normalized spacial score (nSPS) is 13.5. The van der Waals surface area contributed by atoms with Crippen molar-refractivity contribution >= 4 is 0 Å². The van der Waals surface area contributed by atoms with Crippen LogP contribution in [0.3, 0.4) is 0 Å². The van der Waals surface area contributed by atoms with Crippen LogP contribution in [0.1, 0.15) is 32.1 Å². The molecule has 4 nitrogen and oxygen atoms in total. The number of aromatic nitrogens is 2. The molecule has 80 valence electrons. The summed E-state index contributed by atoms with van der Waals surface area (Å²) in [5.74, 6) is 0.527. The predicted octanol–water partition coefficient (Wildman–Crippen LogP) is 0.921. The van der Waals surface area contributed by atoms with E-state index in [0.29, 0.717) is 18.9 Å². The van der Waals surface area contributed by atoms with Crippen molar-refractivity contribution in [3.05, 3.63) is 18.0 Å². The lowest BCUT2D eigenvalue weighted by Crippen LogP contribution is -2.15. The Kier molecular flexibility index (Phi) is 4.10. The van der Waals surface area contributed by atoms with Gasteiger partial charge < -0.3 is 10.8 Å². The summed E-state index contributed by atoms with van der Waals surface area (Å²) in [5, 5.41) is 13.9. The summed E-state index contributed by atoms with van der Waals surface area (Å²) in [5.41, 5.74) is 6.26. The molecule has 1 rings (SSSR count). The van der Waals surface area contributed by atoms with Gasteiger partial charge in [0.25, 0.3) is 0 Å². The van der Waals surface area contributed by atoms with Gasteiger partial charge in [0.1, 0.15) is 0 Å². The van der Waals surface area contributed by atoms with E-state index in [-0.39, 0.29) is 0 Å². The first-order valence-corrected chi connectivity index (χ1v) is 5.05. The lowest BCUT2D eigenvalue weighted by atomic mass is 10.1. The molecule has 0 aliphatic rings. The molecule has 0 saturated heterocycles. The summed E-state index contributed by atoms with van der Waals surface area (Å²) in [6.45, 7) is 5.58. The van der Waals surface area contributed by atoms with E-state index in [1.54, 1.807) is 6.20 Å². The van der Waals surface area contributed by atoms with Crippen LogP contribution in [0.15, 0.2) is 12.3 Å². The average molecular weight is 197 g/mol. The topological polar surface area (TPSA) is 64.1 Å². The maximum atomic E-state index is 9.76. The Bertz CT molecular complexity index is 270. The minimum absolute atomic E-state index is 0.485. The number of rotatable bonds is 5. The molecule has 1 heterocycles. The zero-order valence-corrected chi connectivity index (χ0v) is 8.85. The maximum Gasteiger partial charge on any atom is 0.0968 e. The van der Waals surface area contributed by atoms with Crippen LogP contribution in [0.5, 0.6) is 0 Å². The molecular formula is C10H19N3O. The van der Waals surface area contributed by atoms with E-state index in [4.69, 9.17) is 5.73 Å². The zero-order valence-electron chi connectivity index (χ0n) is 8.85. The minimum Gasteiger partial charge on any atom is -0.387 e. The van der Waals surface area contributed by atoms with Crippen LogP contribution in [-0.4, -0.2) is 21.4 Å². The molecule has 14 heavy (non-hydrogen) atoms. The Balaban J connectivity index is 2.70. The van der Waals surface area contributed by atoms with Gasteiger partial charge in [0.05, 0.1) is 11.8 Å². The molecule has 0 aliphatic carbocycles. The molecular weight excluding hydrogens is 178 g/mol. The molecule has 4 heteroatoms. The summed E-state index contributed by atoms with van der Waals surface area (Å²) >= 11 is 0. The van der Waals surface area contributed by atoms with Crippen LogP contribution in [0.4, 0.5) is 0 Å². The highest BCUT2D eigenvalue weighted by Crippen LogP contribution is 2.16. The lowest BCUT2D eigenvalue weighted by Gasteiger charge is -2.13. The second-order valence-electron chi connectivity index (χ2n) is 3.93. The van der Waals surface area contributed by atoms with Gasteiger partial charge in [-0.2, -0.15) is 5.10 Å². The van der Waals surface area contributed by atoms with E-state index in [2.05, 4.69) is 18.9 Å². The number of nitrogens with two attached hydrogens (primary N) is 1. The monoisotopic (exact) mass is 197 g/mol. The Morgan fingerprint density at radius 3 is 2.86 bits per heavy atom. The molecule has 0 saturated carbocycles. The highest BCUT2D eigenvalue weighted by atomic mass is 16.3. The fraction of sp³-hybridized carbons (Fsp3) is 0.700. The van der Waals surface area contributed by atoms with Crippen LogP contribution < -0.4 is 5.73 Å². The van der Waals surface area contributed by atoms with Gasteiger partial charge >= 0.3 is 0 Å². The van der Waals surface area contributed by atoms with Crippen LogP contribution >= 0.6 is 0 Å². The Morgan fingerprint density at radius 2 is 2.29 bits per heavy atom. The van der Waals surface area contributed by atoms with E-state index in [1.807, 2.05) is 10.7 Å². The van der Waals surface area contributed by atoms with Gasteiger partial charge in [0.2, 0.25) is 0 Å². The van der Waals surface area contributed by atoms with E-state index in [9.17, 15) is 5.11 Å². The van der Waals surface area contributed by atoms with Crippen LogP contribution in [0.25, 0.3) is 0 Å². The number of nitrogens with zero attached hydrogens (tertiary/aromatic N) is 2. The molecule has 0 fully saturated rings. The highest BCUT2D eigenvalue weighted by molar-refractivity contribution is 5.04. The van der Waals surface area contributed by atoms with E-state index in [1.165, 1.54) is 0 Å². The summed E-state index contributed by atoms with van der Waals surface area (Å²) in [7, 11) is 0. The quantitative estimate of drug-likeness (QED) is 0.737. The summed E-state index contributed by atoms with van der Waals surface area (Å²) < 4.78 is 1.85. The molecule has 1 aromatic heterocycles. The third kappa shape index (κ3) is 2.82. The fourth-order valence-electron chi connectivity index (χ4n) is 1.43. The van der Waals surface area contributed by atoms with Crippen molar-refractivity contribution in [1.29, 1.82) is 0 Å². The van der Waals surface area contributed by atoms with Crippen molar-refractivity contribution in [3.63, 3.8) is 0 Å². The molecule has 0 spiro atoms. The smallest absolute Gasteiger partial charge is 0.0968 e. The molecule has 1 atom stereocenters. The molecule has 0 unspecified atom stereocenters. The summed E-state index contributed by atoms with van der Waals surface area (Å²) in [4.78, 5) is 0. The SMILES string of the molecule is CC(C)Cn1nccc1[C@@H](O)CCN. The molecule has 0 bridgehead atoms. The first kappa shape index (κ1) is 11.2. The highest BCUT2D eigenvalue weighted by Gasteiger charge is 2.12. The third-order valence-corrected chi connectivity index (χ3v) is 2.07. The second kappa shape index (κ2) is 5.12. The molecule has 0 radical (unpaired) electrons. The average Bonchev–Trinajstić information content (AvgIpc) is 2.51. The third-order valence-electron chi connectivity index (χ3n) is 2.07. The van der Waals surface area contributed by atoms with Gasteiger partial charge in [0, 0.05) is 12.7 Å². The van der Waals surface area contributed by atoms with Crippen molar-refractivity contribution < 1.29 is 5.11 Å². The van der Waals surface area contributed by atoms with Crippen molar-refractivity contribution in [2.75, 3.05) is 6.54 Å². The van der Waals surface area contributed by atoms with Crippen LogP contribution in [-0.2, 0) is 6.54 Å². The number of aliphatic hydroxyl groups excluding tert-OH is 1. The van der Waals surface area contributed by atoms with E-state index >= 15 is 0 Å². The number of hydrogen-bond acceptors (Lipinski definition) is 3. The predicted molar refractivity (Wildman–Crippen MR) is 55.7 cm³/mol. The fourth-order valence-corrected chi connectivity index (χ4v) is 1.43. The van der Waals surface area contributed by atoms with Crippen molar-refractivity contribution in [3.8, 4) is 0 Å². The Hall–Kier alpha value is -0.870. The summed E-state index contributed by atoms with van der Waals surface area (Å²) in [6, 6.07) is 1.85. The molecule has 3 N–H and O–H groups in total. The first-order valence-electron chi connectivity index (χ1n) is 5.05.